The zero-order valence-corrected chi connectivity index (χ0v) is 80.2. The standard InChI is InChI=1S/C88H148O60/c89-17-29-65-45(101)57(113)81(129-29)145-73-37-25-121-13-9-5-1-2-6-10-14-122-26-38-74-50(106)62(118)86(134-38)142-70-34(22-94)126-78(54(110)42(70)98)140-68-32(20-92)132-84(60(116)48(68)104)148-76-40(136-88(64(120)52(76)108)144-72-36(24-96)128-80(56(112)44(72)100)138-66-30(18-90)130-82(146-74)58(114)46(66)102)28-124-16-12-8-4-3-7-11-15-123-27-39-75(51(107)63(119)87(135-39)143-71-35(23-95)127-79(137-65)55(111)43(71)99)147-83-59(115)47(103)67(31(19-91)131-83)139-77-53(109)41(97)69(33(21-93)125-77)141-85(133-37)61(117)49(73)105/h29-120H,1-28H2/t29-,30-,31-,32-,33-,34-,35-,36-,37-,38-,39-,40-,41-,42-,43-,44-,45-,46-,47-,48-,49-,50-,51-,52-,53-,54-,55-,56-,57-,58-,59-,60-,61-,62-,63-,64-,65-,66-,67-,68-,69-,70-,71-,72-,73-,74-,75-,76-,77-,78-,79-,80-,81-,82-,83-,84-,85-,86-,87-,88-/m1/s1. The van der Waals surface area contributed by atoms with Gasteiger partial charge in [0.1, 0.15) is 293 Å². The van der Waals surface area contributed by atoms with Crippen molar-refractivity contribution in [2.45, 2.75) is 446 Å². The van der Waals surface area contributed by atoms with Gasteiger partial charge in [-0.25, -0.2) is 0 Å². The summed E-state index contributed by atoms with van der Waals surface area (Å²) in [7, 11) is 0. The number of hydrogen-bond acceptors (Lipinski definition) is 60. The number of aliphatic hydroxyl groups is 32. The molecule has 49 heterocycles. The van der Waals surface area contributed by atoms with E-state index >= 15 is 0 Å². The molecule has 0 aromatic heterocycles. The van der Waals surface area contributed by atoms with Crippen LogP contribution in [0, 0.1) is 0 Å². The molecule has 860 valence electrons. The first-order valence-electron chi connectivity index (χ1n) is 50.2. The Bertz CT molecular complexity index is 3370. The second-order valence-electron chi connectivity index (χ2n) is 39.5. The van der Waals surface area contributed by atoms with Crippen molar-refractivity contribution in [3.63, 3.8) is 0 Å². The number of rotatable bonds is 8. The Hall–Kier alpha value is -2.40. The largest absolute Gasteiger partial charge is 0.394 e. The van der Waals surface area contributed by atoms with Crippen LogP contribution in [0.25, 0.3) is 0 Å². The molecule has 49 rings (SSSR count). The van der Waals surface area contributed by atoms with E-state index in [4.69, 9.17) is 133 Å². The van der Waals surface area contributed by atoms with Crippen LogP contribution in [0.15, 0.2) is 0 Å². The van der Waals surface area contributed by atoms with Crippen LogP contribution >= 0.6 is 0 Å². The molecule has 0 aromatic rings. The summed E-state index contributed by atoms with van der Waals surface area (Å²) in [6.07, 6.45) is -118. The number of hydrogen-bond donors (Lipinski definition) is 32. The van der Waals surface area contributed by atoms with E-state index in [0.717, 1.165) is 0 Å². The summed E-state index contributed by atoms with van der Waals surface area (Å²) < 4.78 is 169. The highest BCUT2D eigenvalue weighted by molar-refractivity contribution is 5.06. The van der Waals surface area contributed by atoms with Gasteiger partial charge in [-0.2, -0.15) is 0 Å². The Morgan fingerprint density at radius 1 is 0.122 bits per heavy atom. The highest BCUT2D eigenvalue weighted by Crippen LogP contribution is 2.44. The maximum absolute atomic E-state index is 12.1. The normalized spacial score (nSPS) is 52.9. The molecule has 49 fully saturated rings. The van der Waals surface area contributed by atoms with Crippen LogP contribution < -0.4 is 0 Å². The van der Waals surface area contributed by atoms with Gasteiger partial charge in [-0.1, -0.05) is 51.4 Å². The van der Waals surface area contributed by atoms with Crippen LogP contribution in [0.3, 0.4) is 0 Å². The van der Waals surface area contributed by atoms with Gasteiger partial charge in [-0.3, -0.25) is 0 Å². The lowest BCUT2D eigenvalue weighted by Gasteiger charge is -2.50. The van der Waals surface area contributed by atoms with Gasteiger partial charge in [0.15, 0.2) is 75.5 Å². The third kappa shape index (κ3) is 26.6. The summed E-state index contributed by atoms with van der Waals surface area (Å²) in [5, 5.41) is 373. The predicted octanol–water partition coefficient (Wildman–Crippen LogP) is -19.3. The monoisotopic (exact) mass is 2160 g/mol. The average Bonchev–Trinajstić information content (AvgIpc) is 0.766. The molecule has 0 unspecified atom stereocenters. The van der Waals surface area contributed by atoms with E-state index in [0.29, 0.717) is 77.0 Å². The van der Waals surface area contributed by atoms with Crippen LogP contribution in [0.1, 0.15) is 77.0 Å². The van der Waals surface area contributed by atoms with Gasteiger partial charge in [-0.15, -0.1) is 0 Å². The molecule has 0 saturated carbocycles. The third-order valence-electron chi connectivity index (χ3n) is 29.4. The van der Waals surface area contributed by atoms with Crippen molar-refractivity contribution in [1.82, 2.24) is 0 Å². The van der Waals surface area contributed by atoms with Crippen molar-refractivity contribution in [2.24, 2.45) is 0 Å². The number of aliphatic hydroxyl groups excluding tert-OH is 32. The summed E-state index contributed by atoms with van der Waals surface area (Å²) in [6, 6.07) is 0. The molecule has 60 atom stereocenters. The molecular weight excluding hydrogens is 2020 g/mol. The first kappa shape index (κ1) is 120. The summed E-state index contributed by atoms with van der Waals surface area (Å²) in [5.74, 6) is 0. The van der Waals surface area contributed by atoms with Crippen LogP contribution in [0.5, 0.6) is 0 Å². The van der Waals surface area contributed by atoms with Crippen LogP contribution in [0.2, 0.25) is 0 Å². The zero-order valence-electron chi connectivity index (χ0n) is 80.2. The fraction of sp³-hybridized carbons (Fsp3) is 1.00. The maximum atomic E-state index is 12.1. The first-order valence-corrected chi connectivity index (χ1v) is 50.2. The highest BCUT2D eigenvalue weighted by Gasteiger charge is 2.64. The maximum Gasteiger partial charge on any atom is 0.187 e. The lowest BCUT2D eigenvalue weighted by atomic mass is 9.94. The summed E-state index contributed by atoms with van der Waals surface area (Å²) in [4.78, 5) is 0. The van der Waals surface area contributed by atoms with Gasteiger partial charge in [0.25, 0.3) is 0 Å². The second kappa shape index (κ2) is 54.6. The van der Waals surface area contributed by atoms with Gasteiger partial charge in [-0.05, 0) is 25.7 Å². The molecule has 0 aromatic carbocycles. The molecule has 49 saturated heterocycles. The minimum atomic E-state index is -2.27. The molecule has 49 aliphatic rings. The van der Waals surface area contributed by atoms with Gasteiger partial charge in [0, 0.05) is 26.4 Å². The minimum absolute atomic E-state index is 0.0941. The Labute approximate surface area is 844 Å². The van der Waals surface area contributed by atoms with Crippen LogP contribution in [-0.4, -0.2) is 638 Å². The molecule has 0 amide bonds. The molecule has 0 spiro atoms. The Morgan fingerprint density at radius 3 is 0.358 bits per heavy atom. The lowest BCUT2D eigenvalue weighted by molar-refractivity contribution is -0.404. The van der Waals surface area contributed by atoms with E-state index in [9.17, 15) is 163 Å². The molecule has 32 N–H and O–H groups in total. The fourth-order valence-electron chi connectivity index (χ4n) is 20.8. The van der Waals surface area contributed by atoms with Crippen molar-refractivity contribution in [3.8, 4) is 0 Å². The van der Waals surface area contributed by atoms with E-state index < -0.39 is 448 Å². The Balaban J connectivity index is 0.710. The molecule has 60 nitrogen and oxygen atoms in total. The SMILES string of the molecule is OC[C@H]1O[C@@H]2O[C@H]3[C@H](O)[C@@H](O)[C@H]4O[C@H]5[C@H](O)[C@@H](O)[C@@H](O[C@H]6[C@H](O)[C@@H](O)[C@@H](O[C@H]7[C@H](O)[C@@H](O)[C@@H](O[C@H]8[C@H](O)[C@@H](O)[C@@H](O[C@H]1[C@H](O)[C@H]2O)O[C@@H]8CO)O[C@@H]7COCCCCCCCCOC[C@H]1O[C@@H]2O[C@H]7[C@H](O)[C@@H](O)[C@@H](O[C@H]8[C@H](O)[C@@H](O)[C@@H](O[C@H]9[C@H](O)[C@@H](O)[C@@H](O[C@H]%10[C@H](O)[C@@H](O)[C@@H](O[C@H]%11[C@H](O)[C@@H](O)[C@@H](O[C@H]1[C@H](O)[C@H]2O)O[C@@H]%11CO)O[C@@H]%10CO)O[C@@H]9COCCCCCCCCOC[C@H]3O4)O[C@@H]8CO)O[C@@H]7CO)O[C@@H]6CO)O[C@@H]5CO. The van der Waals surface area contributed by atoms with Crippen LogP contribution in [0.4, 0.5) is 0 Å². The lowest BCUT2D eigenvalue weighted by Crippen LogP contribution is -2.69. The Morgan fingerprint density at radius 2 is 0.230 bits per heavy atom. The fourth-order valence-corrected chi connectivity index (χ4v) is 20.8. The van der Waals surface area contributed by atoms with E-state index in [-0.39, 0.29) is 26.4 Å². The second-order valence-corrected chi connectivity index (χ2v) is 39.5. The topological polar surface area (TPSA) is 906 Å². The van der Waals surface area contributed by atoms with Crippen molar-refractivity contribution in [3.05, 3.63) is 0 Å². The smallest absolute Gasteiger partial charge is 0.187 e. The molecular formula is C88H148O60. The summed E-state index contributed by atoms with van der Waals surface area (Å²) in [5.41, 5.74) is 0. The van der Waals surface area contributed by atoms with Gasteiger partial charge < -0.3 is 296 Å². The van der Waals surface area contributed by atoms with Crippen LogP contribution in [-0.2, 0) is 133 Å². The van der Waals surface area contributed by atoms with Gasteiger partial charge >= 0.3 is 0 Å². The van der Waals surface area contributed by atoms with Gasteiger partial charge in [0.2, 0.25) is 0 Å². The quantitative estimate of drug-likeness (QED) is 0.107. The highest BCUT2D eigenvalue weighted by atomic mass is 16.8. The number of ether oxygens (including phenoxy) is 28. The molecule has 148 heavy (non-hydrogen) atoms. The molecule has 60 heteroatoms. The van der Waals surface area contributed by atoms with E-state index in [1.807, 2.05) is 0 Å². The third-order valence-corrected chi connectivity index (χ3v) is 29.4. The Kier molecular flexibility index (Phi) is 44.1. The molecule has 0 radical (unpaired) electrons. The van der Waals surface area contributed by atoms with E-state index in [1.165, 1.54) is 0 Å². The molecule has 49 aliphatic heterocycles. The van der Waals surface area contributed by atoms with Crippen molar-refractivity contribution >= 4 is 0 Å². The average molecular weight is 2170 g/mol. The minimum Gasteiger partial charge on any atom is -0.394 e. The summed E-state index contributed by atoms with van der Waals surface area (Å²) >= 11 is 0. The molecule has 0 aliphatic carbocycles. The first-order chi connectivity index (χ1) is 71.0. The van der Waals surface area contributed by atoms with Gasteiger partial charge in [0.05, 0.1) is 79.3 Å². The zero-order chi connectivity index (χ0) is 106. The van der Waals surface area contributed by atoms with E-state index in [1.54, 1.807) is 0 Å². The van der Waals surface area contributed by atoms with Crippen molar-refractivity contribution in [2.75, 3.05) is 106 Å². The predicted molar refractivity (Wildman–Crippen MR) is 462 cm³/mol. The van der Waals surface area contributed by atoms with Crippen molar-refractivity contribution < 1.29 is 296 Å². The summed E-state index contributed by atoms with van der Waals surface area (Å²) in [6.45, 7) is -11.5. The van der Waals surface area contributed by atoms with E-state index in [2.05, 4.69) is 0 Å². The molecule has 28 bridgehead atoms. The van der Waals surface area contributed by atoms with Crippen molar-refractivity contribution in [1.29, 1.82) is 0 Å².